The van der Waals surface area contributed by atoms with E-state index in [2.05, 4.69) is 268 Å². The van der Waals surface area contributed by atoms with Crippen LogP contribution < -0.4 is 0 Å². The van der Waals surface area contributed by atoms with E-state index < -0.39 is 0 Å². The van der Waals surface area contributed by atoms with Crippen molar-refractivity contribution in [2.75, 3.05) is 0 Å². The Bertz CT molecular complexity index is 900. The van der Waals surface area contributed by atoms with Crippen molar-refractivity contribution in [1.82, 2.24) is 0 Å². The van der Waals surface area contributed by atoms with E-state index in [-0.39, 0.29) is 196 Å². The lowest BCUT2D eigenvalue weighted by atomic mass is 28.4. The maximum atomic E-state index is 3.60. The molecule has 0 aliphatic rings. The minimum Gasteiger partial charge on any atom is -0.102 e. The first kappa shape index (κ1) is 84.4. The van der Waals surface area contributed by atoms with Crippen LogP contribution in [0.1, 0.15) is 0 Å². The van der Waals surface area contributed by atoms with Crippen molar-refractivity contribution in [3.63, 3.8) is 0 Å². The molecule has 0 saturated carbocycles. The highest BCUT2D eigenvalue weighted by Crippen LogP contribution is 3.44. The van der Waals surface area contributed by atoms with E-state index in [0.717, 1.165) is 0 Å². The fourth-order valence-electron chi connectivity index (χ4n) is 3.45. The fourth-order valence-corrected chi connectivity index (χ4v) is 837. The average molecular weight is 1890 g/mol. The first-order valence-electron chi connectivity index (χ1n) is 13.4. The summed E-state index contributed by atoms with van der Waals surface area (Å²) in [6, 6.07) is 0. The zero-order valence-corrected chi connectivity index (χ0v) is 91.0. The Morgan fingerprint density at radius 1 is 0.136 bits per heavy atom. The molecule has 0 rings (SSSR count). The molecule has 0 saturated heterocycles. The Morgan fingerprint density at radius 2 is 0.237 bits per heavy atom. The summed E-state index contributed by atoms with van der Waals surface area (Å²) in [5, 5.41) is 0. The summed E-state index contributed by atoms with van der Waals surface area (Å²) in [6.07, 6.45) is 0. The highest BCUT2D eigenvalue weighted by Gasteiger charge is 2.56. The molecule has 59 heavy (non-hydrogen) atoms. The van der Waals surface area contributed by atoms with Crippen LogP contribution in [0.2, 0.25) is 0 Å². The van der Waals surface area contributed by atoms with Crippen molar-refractivity contribution in [2.24, 2.45) is 0 Å². The Kier molecular flexibility index (Phi) is 66.4. The molecular weight excluding hydrogens is 1830 g/mol. The van der Waals surface area contributed by atoms with Gasteiger partial charge in [-0.25, -0.2) is 0 Å². The van der Waals surface area contributed by atoms with Crippen molar-refractivity contribution >= 4 is 471 Å². The molecule has 0 aromatic rings. The summed E-state index contributed by atoms with van der Waals surface area (Å²) < 4.78 is 0. The molecule has 59 heteroatoms. The molecule has 0 aromatic heterocycles. The van der Waals surface area contributed by atoms with Crippen molar-refractivity contribution < 1.29 is 0 Å². The molecule has 33 unspecified atom stereocenters. The summed E-state index contributed by atoms with van der Waals surface area (Å²) in [5.74, 6) is 0. The molecule has 0 N–H and O–H groups in total. The first-order valence-corrected chi connectivity index (χ1v) is 121. The molecule has 0 aliphatic carbocycles. The summed E-state index contributed by atoms with van der Waals surface area (Å²) in [7, 11) is 106. The van der Waals surface area contributed by atoms with Crippen LogP contribution in [0.15, 0.2) is 0 Å². The van der Waals surface area contributed by atoms with Gasteiger partial charge in [0.25, 0.3) is 0 Å². The maximum Gasteiger partial charge on any atom is -0.000962 e. The molecule has 0 aliphatic heterocycles. The molecule has 0 radical (unpaired) electrons. The predicted molar refractivity (Wildman–Crippen MR) is 493 cm³/mol. The highest BCUT2D eigenvalue weighted by molar-refractivity contribution is 9.49. The smallest absolute Gasteiger partial charge is 0.000962 e. The zero-order valence-electron chi connectivity index (χ0n) is 30.3. The van der Waals surface area contributed by atoms with E-state index in [1.54, 1.807) is 0 Å². The Balaban J connectivity index is 9.83. The van der Waals surface area contributed by atoms with Gasteiger partial charge in [0.2, 0.25) is 0 Å². The lowest BCUT2D eigenvalue weighted by Crippen LogP contribution is -1.68. The van der Waals surface area contributed by atoms with Gasteiger partial charge in [-0.1, -0.05) is 0 Å². The van der Waals surface area contributed by atoms with E-state index in [0.29, 0.717) is 0 Å². The number of rotatable bonds is 28. The predicted octanol–water partition coefficient (Wildman–Crippen LogP) is 34.5. The number of hydrogen-bond acceptors (Lipinski definition) is 0. The van der Waals surface area contributed by atoms with Gasteiger partial charge >= 0.3 is 0 Å². The zero-order chi connectivity index (χ0) is 46.9. The second-order valence-electron chi connectivity index (χ2n) is 9.33. The van der Waals surface area contributed by atoms with Gasteiger partial charge in [-0.2, -0.15) is 0 Å². The van der Waals surface area contributed by atoms with Gasteiger partial charge in [0.15, 0.2) is 0 Å². The normalized spacial score (nSPS) is 15.7. The summed E-state index contributed by atoms with van der Waals surface area (Å²) >= 11 is 0. The lowest BCUT2D eigenvalue weighted by Gasteiger charge is -2.56. The van der Waals surface area contributed by atoms with E-state index in [9.17, 15) is 0 Å². The third-order valence-electron chi connectivity index (χ3n) is 5.08. The second-order valence-corrected chi connectivity index (χ2v) is 252. The van der Waals surface area contributed by atoms with Crippen LogP contribution in [0.25, 0.3) is 0 Å². The van der Waals surface area contributed by atoms with E-state index >= 15 is 0 Å². The first-order chi connectivity index (χ1) is 26.8. The van der Waals surface area contributed by atoms with Crippen LogP contribution in [0.5, 0.6) is 0 Å². The van der Waals surface area contributed by atoms with Crippen LogP contribution in [0.4, 0.5) is 0 Å². The van der Waals surface area contributed by atoms with Crippen LogP contribution in [-0.2, 0) is 0 Å². The monoisotopic (exact) mass is 1890 g/mol. The Hall–Kier alpha value is 25.4. The maximum absolute atomic E-state index is 3.60. The third-order valence-corrected chi connectivity index (χ3v) is 411. The van der Waals surface area contributed by atoms with Gasteiger partial charge in [-0.3, -0.25) is 0 Å². The molecule has 0 spiro atoms. The second kappa shape index (κ2) is 46.4. The van der Waals surface area contributed by atoms with Gasteiger partial charge < -0.3 is 0 Å². The van der Waals surface area contributed by atoms with Crippen molar-refractivity contribution in [2.45, 2.75) is 0 Å². The summed E-state index contributed by atoms with van der Waals surface area (Å²) in [5.41, 5.74) is 0. The molecule has 0 amide bonds. The van der Waals surface area contributed by atoms with Gasteiger partial charge in [-0.05, 0) is 204 Å². The number of hydrogen-bond donors (Lipinski definition) is 0. The van der Waals surface area contributed by atoms with Gasteiger partial charge in [-0.15, -0.1) is 268 Å². The molecule has 0 aromatic carbocycles. The van der Waals surface area contributed by atoms with Gasteiger partial charge in [0.05, 0.1) is 0 Å². The van der Waals surface area contributed by atoms with Crippen molar-refractivity contribution in [1.29, 1.82) is 0 Å². The van der Waals surface area contributed by atoms with Gasteiger partial charge in [0, 0.05) is 0 Å². The molecule has 33 atom stereocenters. The minimum absolute atomic E-state index is 0.117. The molecule has 0 bridgehead atoms. The molecule has 0 nitrogen and oxygen atoms in total. The third kappa shape index (κ3) is 31.0. The van der Waals surface area contributed by atoms with Crippen LogP contribution in [0, 0.1) is 0 Å². The molecule has 0 heterocycles. The van der Waals surface area contributed by atoms with E-state index in [1.165, 1.54) is 7.96 Å². The van der Waals surface area contributed by atoms with Crippen LogP contribution in [0.3, 0.4) is 0 Å². The Morgan fingerprint density at radius 3 is 0.356 bits per heavy atom. The largest absolute Gasteiger partial charge is 0.102 e. The highest BCUT2D eigenvalue weighted by atomic mass is 33.5. The molecule has 356 valence electrons. The van der Waals surface area contributed by atoms with Crippen LogP contribution in [-0.4, -0.2) is 0 Å². The van der Waals surface area contributed by atoms with Crippen LogP contribution >= 0.6 is 471 Å². The Labute approximate surface area is 464 Å². The lowest BCUT2D eigenvalue weighted by molar-refractivity contribution is 4.38. The summed E-state index contributed by atoms with van der Waals surface area (Å²) in [4.78, 5) is 0. The standard InChI is InChI=1S/H61P59/c1-32(2)49(33(3)4)56(46(29)30)47(57(50(34(5)6)35(7)8)51(36(9)10)37(11)12)31-48(58(52(38(13)14)39(15)16)53(40(17)18)41(19)20)59(54(42(21)22)43(23)24)55(44(25)26)45(27)28/h31H,1-30H2. The summed E-state index contributed by atoms with van der Waals surface area (Å²) in [6.45, 7) is -4.94. The fraction of sp³-hybridized carbons (Fsp3) is 0. The van der Waals surface area contributed by atoms with Gasteiger partial charge in [0.1, 0.15) is 0 Å². The quantitative estimate of drug-likeness (QED) is 0.0685. The molecular formula is H61P59. The average Bonchev–Trinajstić information content (AvgIpc) is 3.01. The minimum atomic E-state index is -0.231. The topological polar surface area (TPSA) is 0 Å². The van der Waals surface area contributed by atoms with E-state index in [1.807, 2.05) is 0 Å². The van der Waals surface area contributed by atoms with Crippen molar-refractivity contribution in [3.05, 3.63) is 0 Å². The SMILES string of the molecule is PP(P)P(P(P)P)P(P(P)P)P(PP(P(P(P(P)P)P(P)P)P(P(P)P)P(P)P)P(P(P(P)P)P(P)P)P(P(P)P)P(P)P)P(P(P(P)P)P(P)P)P(P(P)P)P(P)P. The van der Waals surface area contributed by atoms with Crippen molar-refractivity contribution in [3.8, 4) is 0 Å². The molecule has 0 fully saturated rings. The van der Waals surface area contributed by atoms with E-state index in [4.69, 9.17) is 0 Å².